The maximum Gasteiger partial charge on any atom is 0.230 e. The van der Waals surface area contributed by atoms with Crippen LogP contribution in [-0.4, -0.2) is 26.8 Å². The van der Waals surface area contributed by atoms with E-state index >= 15 is 0 Å². The molecule has 0 saturated carbocycles. The van der Waals surface area contributed by atoms with Crippen molar-refractivity contribution in [3.63, 3.8) is 0 Å². The zero-order chi connectivity index (χ0) is 19.1. The largest absolute Gasteiger partial charge is 0.485 e. The van der Waals surface area contributed by atoms with E-state index in [0.717, 1.165) is 16.9 Å². The normalized spacial score (nSPS) is 11.8. The van der Waals surface area contributed by atoms with E-state index in [0.29, 0.717) is 17.6 Å². The number of nitrogens with one attached hydrogen (secondary N) is 2. The highest BCUT2D eigenvalue weighted by atomic mass is 32.2. The lowest BCUT2D eigenvalue weighted by Gasteiger charge is -2.13. The Hall–Kier alpha value is -2.80. The van der Waals surface area contributed by atoms with Crippen molar-refractivity contribution in [1.29, 1.82) is 0 Å². The molecule has 0 aliphatic carbocycles. The fourth-order valence-corrected chi connectivity index (χ4v) is 3.14. The molecule has 7 heteroatoms. The molecule has 27 heavy (non-hydrogen) atoms. The van der Waals surface area contributed by atoms with Gasteiger partial charge in [-0.2, -0.15) is 0 Å². The standard InChI is InChI=1S/C20H22N4O2S/c1-14-8-6-7-11-17(14)26-12-18-22-20(24-23-18)27-13-19(25)21-15(2)16-9-4-3-5-10-16/h3-11,15H,12-13H2,1-2H3,(H,21,25)(H,22,23,24)/t15-/m0/s1. The van der Waals surface area contributed by atoms with Gasteiger partial charge in [0.25, 0.3) is 0 Å². The van der Waals surface area contributed by atoms with Gasteiger partial charge < -0.3 is 10.1 Å². The van der Waals surface area contributed by atoms with Crippen LogP contribution in [0.25, 0.3) is 0 Å². The SMILES string of the molecule is Cc1ccccc1OCc1nc(SCC(=O)N[C@@H](C)c2ccccc2)n[nH]1. The van der Waals surface area contributed by atoms with Gasteiger partial charge in [0.1, 0.15) is 12.4 Å². The van der Waals surface area contributed by atoms with E-state index in [2.05, 4.69) is 20.5 Å². The van der Waals surface area contributed by atoms with Crippen LogP contribution in [0.3, 0.4) is 0 Å². The average Bonchev–Trinajstić information content (AvgIpc) is 3.14. The summed E-state index contributed by atoms with van der Waals surface area (Å²) in [6.07, 6.45) is 0. The summed E-state index contributed by atoms with van der Waals surface area (Å²) in [4.78, 5) is 16.5. The van der Waals surface area contributed by atoms with Gasteiger partial charge in [-0.15, -0.1) is 5.10 Å². The Bertz CT molecular complexity index is 882. The van der Waals surface area contributed by atoms with Gasteiger partial charge in [0.15, 0.2) is 5.82 Å². The minimum Gasteiger partial charge on any atom is -0.485 e. The number of carbonyl (C=O) groups is 1. The summed E-state index contributed by atoms with van der Waals surface area (Å²) in [5, 5.41) is 10.5. The number of para-hydroxylation sites is 1. The van der Waals surface area contributed by atoms with Gasteiger partial charge in [-0.05, 0) is 31.0 Å². The molecule has 140 valence electrons. The Kier molecular flexibility index (Phi) is 6.49. The molecule has 3 aromatic rings. The number of thioether (sulfide) groups is 1. The average molecular weight is 382 g/mol. The van der Waals surface area contributed by atoms with Crippen molar-refractivity contribution in [2.45, 2.75) is 31.7 Å². The van der Waals surface area contributed by atoms with Gasteiger partial charge in [-0.25, -0.2) is 4.98 Å². The second kappa shape index (κ2) is 9.23. The molecule has 2 aromatic carbocycles. The van der Waals surface area contributed by atoms with E-state index in [9.17, 15) is 4.79 Å². The number of hydrogen-bond donors (Lipinski definition) is 2. The van der Waals surface area contributed by atoms with Crippen molar-refractivity contribution < 1.29 is 9.53 Å². The molecule has 0 aliphatic rings. The smallest absolute Gasteiger partial charge is 0.230 e. The quantitative estimate of drug-likeness (QED) is 0.581. The monoisotopic (exact) mass is 382 g/mol. The summed E-state index contributed by atoms with van der Waals surface area (Å²) in [5.41, 5.74) is 2.14. The molecule has 1 aromatic heterocycles. The number of nitrogens with zero attached hydrogens (tertiary/aromatic N) is 2. The summed E-state index contributed by atoms with van der Waals surface area (Å²) in [5.74, 6) is 1.64. The number of rotatable bonds is 8. The maximum atomic E-state index is 12.1. The lowest BCUT2D eigenvalue weighted by atomic mass is 10.1. The zero-order valence-electron chi connectivity index (χ0n) is 15.3. The molecule has 3 rings (SSSR count). The first-order valence-electron chi connectivity index (χ1n) is 8.68. The number of hydrogen-bond acceptors (Lipinski definition) is 5. The minimum atomic E-state index is -0.0566. The van der Waals surface area contributed by atoms with Crippen LogP contribution in [0.5, 0.6) is 5.75 Å². The molecule has 0 aliphatic heterocycles. The number of ether oxygens (including phenoxy) is 1. The van der Waals surface area contributed by atoms with Crippen molar-refractivity contribution in [2.75, 3.05) is 5.75 Å². The first kappa shape index (κ1) is 19.0. The third-order valence-corrected chi connectivity index (χ3v) is 4.83. The first-order valence-corrected chi connectivity index (χ1v) is 9.67. The van der Waals surface area contributed by atoms with E-state index < -0.39 is 0 Å². The van der Waals surface area contributed by atoms with Gasteiger partial charge >= 0.3 is 0 Å². The van der Waals surface area contributed by atoms with Crippen molar-refractivity contribution in [3.05, 3.63) is 71.5 Å². The van der Waals surface area contributed by atoms with Gasteiger partial charge in [0, 0.05) is 0 Å². The fourth-order valence-electron chi connectivity index (χ4n) is 2.51. The molecule has 1 atom stereocenters. The number of aromatic amines is 1. The number of H-pyrrole nitrogens is 1. The van der Waals surface area contributed by atoms with Crippen LogP contribution in [-0.2, 0) is 11.4 Å². The molecule has 0 fully saturated rings. The number of benzene rings is 2. The molecule has 0 spiro atoms. The molecular weight excluding hydrogens is 360 g/mol. The number of aryl methyl sites for hydroxylation is 1. The Morgan fingerprint density at radius 1 is 1.19 bits per heavy atom. The van der Waals surface area contributed by atoms with Crippen LogP contribution in [0.15, 0.2) is 59.8 Å². The highest BCUT2D eigenvalue weighted by molar-refractivity contribution is 7.99. The van der Waals surface area contributed by atoms with E-state index in [1.807, 2.05) is 68.4 Å². The molecule has 0 saturated heterocycles. The maximum absolute atomic E-state index is 12.1. The second-order valence-electron chi connectivity index (χ2n) is 6.11. The van der Waals surface area contributed by atoms with Crippen LogP contribution < -0.4 is 10.1 Å². The summed E-state index contributed by atoms with van der Waals surface area (Å²) < 4.78 is 5.74. The molecule has 0 unspecified atom stereocenters. The molecular formula is C20H22N4O2S. The molecule has 1 heterocycles. The van der Waals surface area contributed by atoms with Crippen molar-refractivity contribution in [1.82, 2.24) is 20.5 Å². The summed E-state index contributed by atoms with van der Waals surface area (Å²) in [6, 6.07) is 17.6. The minimum absolute atomic E-state index is 0.0375. The molecule has 2 N–H and O–H groups in total. The van der Waals surface area contributed by atoms with Crippen LogP contribution >= 0.6 is 11.8 Å². The second-order valence-corrected chi connectivity index (χ2v) is 7.05. The van der Waals surface area contributed by atoms with E-state index in [-0.39, 0.29) is 17.7 Å². The summed E-state index contributed by atoms with van der Waals surface area (Å²) >= 11 is 1.29. The van der Waals surface area contributed by atoms with Gasteiger partial charge in [-0.3, -0.25) is 9.89 Å². The zero-order valence-corrected chi connectivity index (χ0v) is 16.1. The Morgan fingerprint density at radius 3 is 2.70 bits per heavy atom. The van der Waals surface area contributed by atoms with Gasteiger partial charge in [0.05, 0.1) is 11.8 Å². The van der Waals surface area contributed by atoms with E-state index in [4.69, 9.17) is 4.74 Å². The fraction of sp³-hybridized carbons (Fsp3) is 0.250. The van der Waals surface area contributed by atoms with Crippen molar-refractivity contribution in [3.8, 4) is 5.75 Å². The first-order chi connectivity index (χ1) is 13.1. The Balaban J connectivity index is 1.45. The highest BCUT2D eigenvalue weighted by Crippen LogP contribution is 2.18. The number of carbonyl (C=O) groups excluding carboxylic acids is 1. The van der Waals surface area contributed by atoms with E-state index in [1.165, 1.54) is 11.8 Å². The molecule has 0 bridgehead atoms. The molecule has 1 amide bonds. The Labute approximate surface area is 162 Å². The number of aromatic nitrogens is 3. The topological polar surface area (TPSA) is 79.9 Å². The predicted molar refractivity (Wildman–Crippen MR) is 106 cm³/mol. The lowest BCUT2D eigenvalue weighted by Crippen LogP contribution is -2.28. The van der Waals surface area contributed by atoms with Crippen LogP contribution in [0, 0.1) is 6.92 Å². The summed E-state index contributed by atoms with van der Waals surface area (Å²) in [7, 11) is 0. The predicted octanol–water partition coefficient (Wildman–Crippen LogP) is 3.66. The third kappa shape index (κ3) is 5.59. The van der Waals surface area contributed by atoms with E-state index in [1.54, 1.807) is 0 Å². The molecule has 6 nitrogen and oxygen atoms in total. The highest BCUT2D eigenvalue weighted by Gasteiger charge is 2.12. The van der Waals surface area contributed by atoms with Gasteiger partial charge in [-0.1, -0.05) is 60.3 Å². The van der Waals surface area contributed by atoms with Gasteiger partial charge in [0.2, 0.25) is 11.1 Å². The van der Waals surface area contributed by atoms with Crippen molar-refractivity contribution in [2.24, 2.45) is 0 Å². The van der Waals surface area contributed by atoms with Crippen LogP contribution in [0.1, 0.15) is 29.9 Å². The van der Waals surface area contributed by atoms with Crippen LogP contribution in [0.2, 0.25) is 0 Å². The lowest BCUT2D eigenvalue weighted by molar-refractivity contribution is -0.119. The number of amides is 1. The Morgan fingerprint density at radius 2 is 1.93 bits per heavy atom. The van der Waals surface area contributed by atoms with Crippen molar-refractivity contribution >= 4 is 17.7 Å². The summed E-state index contributed by atoms with van der Waals surface area (Å²) in [6.45, 7) is 4.26. The van der Waals surface area contributed by atoms with Crippen LogP contribution in [0.4, 0.5) is 0 Å². The molecule has 0 radical (unpaired) electrons. The third-order valence-electron chi connectivity index (χ3n) is 3.98.